The first-order chi connectivity index (χ1) is 7.93. The average Bonchev–Trinajstić information content (AvgIpc) is 2.36. The summed E-state index contributed by atoms with van der Waals surface area (Å²) >= 11 is 9.57. The number of carbonyl (C=O) groups excluding carboxylic acids is 1. The van der Waals surface area contributed by atoms with Crippen molar-refractivity contribution in [3.8, 4) is 5.75 Å². The van der Waals surface area contributed by atoms with Crippen molar-refractivity contribution in [1.82, 2.24) is 0 Å². The Balaban J connectivity index is 2.95. The van der Waals surface area contributed by atoms with Gasteiger partial charge in [-0.2, -0.15) is 0 Å². The number of methoxy groups -OCH3 is 1. The van der Waals surface area contributed by atoms with Crippen LogP contribution in [0.15, 0.2) is 24.3 Å². The summed E-state index contributed by atoms with van der Waals surface area (Å²) in [6, 6.07) is 7.47. The van der Waals surface area contributed by atoms with Crippen molar-refractivity contribution in [3.63, 3.8) is 0 Å². The molecule has 1 aromatic rings. The van der Waals surface area contributed by atoms with Crippen molar-refractivity contribution in [3.05, 3.63) is 29.8 Å². The van der Waals surface area contributed by atoms with Gasteiger partial charge in [0.2, 0.25) is 0 Å². The quantitative estimate of drug-likeness (QED) is 0.768. The Kier molecular flexibility index (Phi) is 5.02. The van der Waals surface area contributed by atoms with E-state index in [0.717, 1.165) is 11.3 Å². The van der Waals surface area contributed by atoms with Gasteiger partial charge >= 0.3 is 0 Å². The van der Waals surface area contributed by atoms with Crippen molar-refractivity contribution in [2.24, 2.45) is 5.41 Å². The molecule has 0 aromatic heterocycles. The molecule has 94 valence electrons. The lowest BCUT2D eigenvalue weighted by molar-refractivity contribution is -0.124. The van der Waals surface area contributed by atoms with Gasteiger partial charge in [-0.15, -0.1) is 11.6 Å². The molecule has 0 bridgehead atoms. The van der Waals surface area contributed by atoms with E-state index in [1.807, 2.05) is 38.1 Å². The maximum atomic E-state index is 11.8. The Labute approximate surface area is 115 Å². The van der Waals surface area contributed by atoms with Gasteiger partial charge in [0.25, 0.3) is 0 Å². The summed E-state index contributed by atoms with van der Waals surface area (Å²) in [4.78, 5) is 11.8. The summed E-state index contributed by atoms with van der Waals surface area (Å²) in [5.41, 5.74) is 0.325. The Morgan fingerprint density at radius 2 is 1.94 bits per heavy atom. The van der Waals surface area contributed by atoms with Crippen LogP contribution in [0.3, 0.4) is 0 Å². The van der Waals surface area contributed by atoms with Crippen LogP contribution in [0.1, 0.15) is 24.8 Å². The van der Waals surface area contributed by atoms with Crippen LogP contribution in [0.4, 0.5) is 0 Å². The molecule has 0 aliphatic rings. The Bertz CT molecular complexity index is 387. The van der Waals surface area contributed by atoms with Crippen LogP contribution in [0.25, 0.3) is 0 Å². The van der Waals surface area contributed by atoms with E-state index in [2.05, 4.69) is 15.9 Å². The van der Waals surface area contributed by atoms with Gasteiger partial charge < -0.3 is 4.74 Å². The fraction of sp³-hybridized carbons (Fsp3) is 0.462. The van der Waals surface area contributed by atoms with Gasteiger partial charge in [-0.3, -0.25) is 4.79 Å². The highest BCUT2D eigenvalue weighted by Gasteiger charge is 2.35. The zero-order valence-corrected chi connectivity index (χ0v) is 12.5. The van der Waals surface area contributed by atoms with E-state index in [0.29, 0.717) is 5.33 Å². The van der Waals surface area contributed by atoms with E-state index in [4.69, 9.17) is 16.3 Å². The van der Waals surface area contributed by atoms with Gasteiger partial charge in [-0.1, -0.05) is 41.9 Å². The second kappa shape index (κ2) is 5.87. The number of hydrogen-bond acceptors (Lipinski definition) is 2. The number of rotatable bonds is 5. The van der Waals surface area contributed by atoms with Gasteiger partial charge in [-0.05, 0) is 17.7 Å². The molecule has 0 radical (unpaired) electrons. The minimum absolute atomic E-state index is 0.0910. The third-order valence-electron chi connectivity index (χ3n) is 2.88. The van der Waals surface area contributed by atoms with Gasteiger partial charge in [0.1, 0.15) is 5.75 Å². The van der Waals surface area contributed by atoms with Crippen molar-refractivity contribution in [2.45, 2.75) is 19.2 Å². The zero-order chi connectivity index (χ0) is 13.1. The molecule has 0 N–H and O–H groups in total. The molecule has 0 spiro atoms. The van der Waals surface area contributed by atoms with Gasteiger partial charge in [-0.25, -0.2) is 0 Å². The van der Waals surface area contributed by atoms with E-state index >= 15 is 0 Å². The minimum Gasteiger partial charge on any atom is -0.497 e. The number of halogens is 2. The van der Waals surface area contributed by atoms with E-state index in [9.17, 15) is 4.79 Å². The fourth-order valence-electron chi connectivity index (χ4n) is 1.50. The van der Waals surface area contributed by atoms with Crippen molar-refractivity contribution in [2.75, 3.05) is 12.4 Å². The maximum absolute atomic E-state index is 11.8. The molecular formula is C13H16BrClO2. The third-order valence-corrected chi connectivity index (χ3v) is 4.19. The van der Waals surface area contributed by atoms with Crippen LogP contribution in [-0.4, -0.2) is 18.2 Å². The lowest BCUT2D eigenvalue weighted by Crippen LogP contribution is -2.29. The van der Waals surface area contributed by atoms with Crippen LogP contribution in [0.5, 0.6) is 5.75 Å². The second-order valence-electron chi connectivity index (χ2n) is 4.41. The predicted molar refractivity (Wildman–Crippen MR) is 74.2 cm³/mol. The monoisotopic (exact) mass is 318 g/mol. The molecule has 1 rings (SSSR count). The molecule has 0 aliphatic heterocycles. The predicted octanol–water partition coefficient (Wildman–Crippen LogP) is 3.97. The number of hydrogen-bond donors (Lipinski definition) is 0. The SMILES string of the molecule is COc1ccc(C(Cl)C(C)(C)C(=O)CBr)cc1. The van der Waals surface area contributed by atoms with Crippen molar-refractivity contribution >= 4 is 33.3 Å². The number of ether oxygens (including phenoxy) is 1. The first-order valence-corrected chi connectivity index (χ1v) is 6.86. The summed E-state index contributed by atoms with van der Waals surface area (Å²) in [6.45, 7) is 3.72. The highest BCUT2D eigenvalue weighted by atomic mass is 79.9. The topological polar surface area (TPSA) is 26.3 Å². The Morgan fingerprint density at radius 1 is 1.41 bits per heavy atom. The number of benzene rings is 1. The van der Waals surface area contributed by atoms with Gasteiger partial charge in [0, 0.05) is 5.41 Å². The Morgan fingerprint density at radius 3 is 2.35 bits per heavy atom. The highest BCUT2D eigenvalue weighted by Crippen LogP contribution is 2.40. The molecule has 0 heterocycles. The van der Waals surface area contributed by atoms with Crippen LogP contribution in [0, 0.1) is 5.41 Å². The molecule has 0 saturated carbocycles. The normalized spacial score (nSPS) is 13.2. The number of carbonyl (C=O) groups is 1. The number of ketones is 1. The largest absolute Gasteiger partial charge is 0.497 e. The maximum Gasteiger partial charge on any atom is 0.150 e. The standard InChI is InChI=1S/C13H16BrClO2/c1-13(2,11(16)8-14)12(15)9-4-6-10(17-3)7-5-9/h4-7,12H,8H2,1-3H3. The molecule has 4 heteroatoms. The first-order valence-electron chi connectivity index (χ1n) is 5.30. The van der Waals surface area contributed by atoms with E-state index < -0.39 is 5.41 Å². The summed E-state index contributed by atoms with van der Waals surface area (Å²) in [7, 11) is 1.62. The Hall–Kier alpha value is -0.540. The highest BCUT2D eigenvalue weighted by molar-refractivity contribution is 9.09. The summed E-state index contributed by atoms with van der Waals surface area (Å²) in [5.74, 6) is 0.871. The molecule has 17 heavy (non-hydrogen) atoms. The number of alkyl halides is 2. The lowest BCUT2D eigenvalue weighted by atomic mass is 9.82. The van der Waals surface area contributed by atoms with Crippen LogP contribution in [-0.2, 0) is 4.79 Å². The molecule has 0 amide bonds. The molecule has 1 aromatic carbocycles. The van der Waals surface area contributed by atoms with Crippen molar-refractivity contribution < 1.29 is 9.53 Å². The fourth-order valence-corrected chi connectivity index (χ4v) is 2.49. The van der Waals surface area contributed by atoms with E-state index in [1.54, 1.807) is 7.11 Å². The number of Topliss-reactive ketones (excluding diaryl/α,β-unsaturated/α-hetero) is 1. The molecular weight excluding hydrogens is 303 g/mol. The zero-order valence-electron chi connectivity index (χ0n) is 10.2. The first kappa shape index (κ1) is 14.5. The summed E-state index contributed by atoms with van der Waals surface area (Å²) < 4.78 is 5.09. The molecule has 0 aliphatic carbocycles. The average molecular weight is 320 g/mol. The lowest BCUT2D eigenvalue weighted by Gasteiger charge is -2.28. The molecule has 2 nitrogen and oxygen atoms in total. The smallest absolute Gasteiger partial charge is 0.150 e. The molecule has 0 fully saturated rings. The molecule has 1 atom stereocenters. The molecule has 1 unspecified atom stereocenters. The van der Waals surface area contributed by atoms with Crippen molar-refractivity contribution in [1.29, 1.82) is 0 Å². The second-order valence-corrected chi connectivity index (χ2v) is 5.41. The van der Waals surface area contributed by atoms with Gasteiger partial charge in [0.15, 0.2) is 5.78 Å². The third kappa shape index (κ3) is 3.23. The summed E-state index contributed by atoms with van der Waals surface area (Å²) in [6.07, 6.45) is 0. The van der Waals surface area contributed by atoms with E-state index in [1.165, 1.54) is 0 Å². The van der Waals surface area contributed by atoms with Crippen LogP contribution < -0.4 is 4.74 Å². The minimum atomic E-state index is -0.598. The van der Waals surface area contributed by atoms with Crippen LogP contribution in [0.2, 0.25) is 0 Å². The van der Waals surface area contributed by atoms with Crippen LogP contribution >= 0.6 is 27.5 Å². The molecule has 0 saturated heterocycles. The van der Waals surface area contributed by atoms with Gasteiger partial charge in [0.05, 0.1) is 17.8 Å². The van der Waals surface area contributed by atoms with E-state index in [-0.39, 0.29) is 11.2 Å². The summed E-state index contributed by atoms with van der Waals surface area (Å²) in [5, 5.41) is -0.0298.